The Balaban J connectivity index is 1.21. The molecule has 5 fully saturated rings. The van der Waals surface area contributed by atoms with Crippen molar-refractivity contribution in [3.05, 3.63) is 0 Å². The van der Waals surface area contributed by atoms with Crippen LogP contribution in [0.2, 0.25) is 0 Å². The molecule has 0 aliphatic carbocycles. The Hall–Kier alpha value is -10.7. The number of hydrogen-bond acceptors (Lipinski definition) is 22. The van der Waals surface area contributed by atoms with Crippen LogP contribution in [0.3, 0.4) is 0 Å². The monoisotopic (exact) mass is 1740 g/mol. The molecular weight excluding hydrogens is 1610 g/mol. The Morgan fingerprint density at radius 3 is 1.07 bits per heavy atom. The molecule has 5 saturated heterocycles. The summed E-state index contributed by atoms with van der Waals surface area (Å²) in [5.41, 5.74) is 16.9. The minimum Gasteiger partial charge on any atom is -0.481 e. The fraction of sp³-hybridized carbons (Fsp3) is 0.753. The van der Waals surface area contributed by atoms with E-state index < -0.39 is 265 Å². The van der Waals surface area contributed by atoms with Crippen molar-refractivity contribution in [3.63, 3.8) is 0 Å². The summed E-state index contributed by atoms with van der Waals surface area (Å²) in [5.74, 6) is -19.7. The van der Waals surface area contributed by atoms with Crippen molar-refractivity contribution in [2.45, 2.75) is 321 Å². The van der Waals surface area contributed by atoms with Gasteiger partial charge in [-0.1, -0.05) is 69.2 Å². The van der Waals surface area contributed by atoms with E-state index in [-0.39, 0.29) is 108 Å². The molecule has 0 spiro atoms. The molecule has 0 aromatic rings. The van der Waals surface area contributed by atoms with Crippen LogP contribution >= 0.6 is 0 Å². The van der Waals surface area contributed by atoms with E-state index in [2.05, 4.69) is 53.2 Å². The van der Waals surface area contributed by atoms with Crippen LogP contribution in [0.5, 0.6) is 0 Å². The van der Waals surface area contributed by atoms with Crippen molar-refractivity contribution in [1.82, 2.24) is 83.0 Å². The quantitative estimate of drug-likeness (QED) is 0.0263. The Labute approximate surface area is 716 Å². The topological polar surface area (TPSA) is 629 Å². The largest absolute Gasteiger partial charge is 0.481 e. The van der Waals surface area contributed by atoms with Gasteiger partial charge in [0.25, 0.3) is 0 Å². The highest BCUT2D eigenvalue weighted by Crippen LogP contribution is 2.28. The molecule has 5 heterocycles. The first-order valence-electron chi connectivity index (χ1n) is 43.0. The number of nitrogens with two attached hydrogens (primary N) is 3. The van der Waals surface area contributed by atoms with Gasteiger partial charge in [0.15, 0.2) is 0 Å². The number of amides is 17. The molecule has 20 N–H and O–H groups in total. The number of rotatable bonds is 47. The summed E-state index contributed by atoms with van der Waals surface area (Å²) in [6.07, 6.45) is 0.582. The summed E-state index contributed by atoms with van der Waals surface area (Å²) in [4.78, 5) is 280. The van der Waals surface area contributed by atoms with Crippen molar-refractivity contribution in [2.24, 2.45) is 46.8 Å². The van der Waals surface area contributed by atoms with E-state index >= 15 is 0 Å². The first kappa shape index (κ1) is 103. The maximum absolute atomic E-state index is 14.8. The van der Waals surface area contributed by atoms with Gasteiger partial charge in [-0.25, -0.2) is 4.79 Å². The summed E-state index contributed by atoms with van der Waals surface area (Å²) in [7, 11) is 0. The van der Waals surface area contributed by atoms with Crippen LogP contribution in [-0.2, 0) is 95.9 Å². The Kier molecular flexibility index (Phi) is 40.5. The highest BCUT2D eigenvalue weighted by Gasteiger charge is 2.48. The van der Waals surface area contributed by atoms with Gasteiger partial charge in [-0.3, -0.25) is 91.1 Å². The molecule has 0 unspecified atom stereocenters. The highest BCUT2D eigenvalue weighted by atomic mass is 16.4. The number of primary amides is 1. The molecular formula is C81H133N19O23. The van der Waals surface area contributed by atoms with E-state index in [0.29, 0.717) is 45.1 Å². The average Bonchev–Trinajstić information content (AvgIpc) is 1.69. The van der Waals surface area contributed by atoms with E-state index in [1.54, 1.807) is 55.4 Å². The zero-order chi connectivity index (χ0) is 92.3. The molecule has 42 nitrogen and oxygen atoms in total. The predicted molar refractivity (Wildman–Crippen MR) is 441 cm³/mol. The minimum atomic E-state index is -1.93. The molecule has 5 aliphatic heterocycles. The van der Waals surface area contributed by atoms with E-state index in [1.807, 2.05) is 19.2 Å². The number of hydrogen-bond donors (Lipinski definition) is 17. The van der Waals surface area contributed by atoms with Gasteiger partial charge < -0.3 is 116 Å². The Morgan fingerprint density at radius 2 is 0.675 bits per heavy atom. The van der Waals surface area contributed by atoms with Gasteiger partial charge in [0, 0.05) is 45.6 Å². The van der Waals surface area contributed by atoms with Crippen molar-refractivity contribution in [2.75, 3.05) is 39.3 Å². The standard InChI is InChI=1S/C81H133N19O23/c1-40(2)37-51(69(110)93-62(42(5)6)75(116)88-48(21-14-15-31-82)67(108)87-49(27-29-59(84)101)68(109)92-53(81(122)123)39-61(104)105)90-71(112)55-23-19-35-99(55)79(120)64(44(9)10)95-74(115)58-26-18-33-97(58)77(118)50(28-30-60(102)103)89-66(107)47(13)85-65(106)46(12)86-70(111)54-22-17-34-98(54)78(119)52(38-41(3)4)91-72(113)56-24-20-36-100(56)80(121)63(43(7)8)94-73(114)57-25-16-32-96(57)76(117)45(11)83/h40-58,62-64H,14-39,82-83H2,1-13H3,(H2,84,101)(H,85,106)(H,86,111)(H,87,108)(H,88,116)(H,89,107)(H,90,112)(H,91,113)(H,92,109)(H,93,110)(H,94,114)(H,95,115)(H,102,103)(H,104,105)(H,122,123)/t45-,46-,47-,48-,49-,50-,51-,52-,53-,54-,55-,56-,57-,58-,62-,63-,64-/m0/s1. The molecule has 17 amide bonds. The highest BCUT2D eigenvalue weighted by molar-refractivity contribution is 6.02. The first-order valence-corrected chi connectivity index (χ1v) is 43.0. The predicted octanol–water partition coefficient (Wildman–Crippen LogP) is -3.46. The SMILES string of the molecule is CC(C)C[C@H](NC(=O)[C@@H]1CCCN1C(=O)[C@@H](NC(=O)[C@@H]1CCCN1C(=O)[C@H](CCC(=O)O)NC(=O)[C@H](C)NC(=O)[C@H](C)NC(=O)[C@@H]1CCCN1C(=O)[C@H](CC(C)C)NC(=O)[C@@H]1CCCN1C(=O)[C@@H](NC(=O)[C@@H]1CCCN1C(=O)[C@H](C)N)C(C)C)C(C)C)C(=O)N[C@H](C(=O)N[C@@H](CCCCN)C(=O)N[C@@H](CCC(N)=O)C(=O)N[C@@H](CC(=O)O)C(=O)O)C(C)C. The van der Waals surface area contributed by atoms with Gasteiger partial charge in [-0.05, 0) is 166 Å². The lowest BCUT2D eigenvalue weighted by Crippen LogP contribution is -2.61. The summed E-state index contributed by atoms with van der Waals surface area (Å²) < 4.78 is 0. The van der Waals surface area contributed by atoms with Gasteiger partial charge in [-0.2, -0.15) is 0 Å². The van der Waals surface area contributed by atoms with Crippen molar-refractivity contribution < 1.29 is 111 Å². The van der Waals surface area contributed by atoms with Crippen LogP contribution in [0.15, 0.2) is 0 Å². The number of carboxylic acids is 3. The molecule has 690 valence electrons. The number of unbranched alkanes of at least 4 members (excludes halogenated alkanes) is 1. The second-order valence-corrected chi connectivity index (χ2v) is 34.7. The van der Waals surface area contributed by atoms with Gasteiger partial charge in [0.2, 0.25) is 100 Å². The summed E-state index contributed by atoms with van der Waals surface area (Å²) in [6, 6.07) is -21.8. The van der Waals surface area contributed by atoms with Crippen molar-refractivity contribution in [3.8, 4) is 0 Å². The Bertz CT molecular complexity index is 3820. The van der Waals surface area contributed by atoms with Gasteiger partial charge in [-0.15, -0.1) is 0 Å². The zero-order valence-corrected chi connectivity index (χ0v) is 73.1. The van der Waals surface area contributed by atoms with Crippen LogP contribution < -0.4 is 75.7 Å². The molecule has 0 aromatic carbocycles. The third-order valence-corrected chi connectivity index (χ3v) is 22.6. The fourth-order valence-corrected chi connectivity index (χ4v) is 15.9. The van der Waals surface area contributed by atoms with Crippen LogP contribution in [0.25, 0.3) is 0 Å². The number of nitrogens with zero attached hydrogens (tertiary/aromatic N) is 5. The second kappa shape index (κ2) is 48.4. The molecule has 0 saturated carbocycles. The fourth-order valence-electron chi connectivity index (χ4n) is 15.9. The Morgan fingerprint density at radius 1 is 0.333 bits per heavy atom. The summed E-state index contributed by atoms with van der Waals surface area (Å²) in [6.45, 7) is 22.1. The lowest BCUT2D eigenvalue weighted by Gasteiger charge is -2.34. The third kappa shape index (κ3) is 30.1. The maximum atomic E-state index is 14.8. The number of carbonyl (C=O) groups excluding carboxylic acids is 17. The van der Waals surface area contributed by atoms with Crippen molar-refractivity contribution >= 4 is 118 Å². The lowest BCUT2D eigenvalue weighted by atomic mass is 9.98. The number of nitrogens with one attached hydrogen (secondary N) is 11. The molecule has 123 heavy (non-hydrogen) atoms. The van der Waals surface area contributed by atoms with E-state index in [9.17, 15) is 111 Å². The summed E-state index contributed by atoms with van der Waals surface area (Å²) in [5, 5.41) is 57.2. The molecule has 5 rings (SSSR count). The zero-order valence-electron chi connectivity index (χ0n) is 73.1. The molecule has 42 heteroatoms. The van der Waals surface area contributed by atoms with E-state index in [1.165, 1.54) is 40.4 Å². The summed E-state index contributed by atoms with van der Waals surface area (Å²) >= 11 is 0. The number of aliphatic carboxylic acids is 3. The average molecular weight is 1740 g/mol. The number of carbonyl (C=O) groups is 20. The number of carboxylic acid groups (broad SMARTS) is 3. The van der Waals surface area contributed by atoms with E-state index in [0.717, 1.165) is 4.90 Å². The first-order chi connectivity index (χ1) is 57.7. The normalized spacial score (nSPS) is 20.6. The van der Waals surface area contributed by atoms with Gasteiger partial charge >= 0.3 is 17.9 Å². The molecule has 0 radical (unpaired) electrons. The van der Waals surface area contributed by atoms with Crippen LogP contribution in [0.4, 0.5) is 0 Å². The third-order valence-electron chi connectivity index (χ3n) is 22.6. The minimum absolute atomic E-state index is 0.0164. The van der Waals surface area contributed by atoms with Gasteiger partial charge in [0.05, 0.1) is 12.5 Å². The van der Waals surface area contributed by atoms with E-state index in [4.69, 9.17) is 17.2 Å². The van der Waals surface area contributed by atoms with Gasteiger partial charge in [0.1, 0.15) is 96.7 Å². The van der Waals surface area contributed by atoms with Crippen LogP contribution in [0.1, 0.15) is 218 Å². The van der Waals surface area contributed by atoms with Crippen molar-refractivity contribution in [1.29, 1.82) is 0 Å². The number of likely N-dealkylation sites (tertiary alicyclic amines) is 5. The lowest BCUT2D eigenvalue weighted by molar-refractivity contribution is -0.147. The maximum Gasteiger partial charge on any atom is 0.326 e. The molecule has 0 bridgehead atoms. The molecule has 0 aromatic heterocycles. The smallest absolute Gasteiger partial charge is 0.326 e. The van der Waals surface area contributed by atoms with Crippen LogP contribution in [-0.4, -0.2) is 300 Å². The molecule has 5 aliphatic rings. The molecule has 17 atom stereocenters. The second-order valence-electron chi connectivity index (χ2n) is 34.7. The van der Waals surface area contributed by atoms with Crippen LogP contribution in [0, 0.1) is 29.6 Å².